The van der Waals surface area contributed by atoms with Gasteiger partial charge >= 0.3 is 0 Å². The molecule has 0 aromatic carbocycles. The Balaban J connectivity index is 2.09. The van der Waals surface area contributed by atoms with E-state index in [0.717, 1.165) is 18.3 Å². The summed E-state index contributed by atoms with van der Waals surface area (Å²) >= 11 is 0. The van der Waals surface area contributed by atoms with Crippen molar-refractivity contribution in [2.45, 2.75) is 26.2 Å². The maximum absolute atomic E-state index is 8.24. The molecule has 1 rings (SSSR count). The highest BCUT2D eigenvalue weighted by molar-refractivity contribution is 4.84. The summed E-state index contributed by atoms with van der Waals surface area (Å²) in [5, 5.41) is 8.24. The lowest BCUT2D eigenvalue weighted by Crippen LogP contribution is -2.19. The molecule has 44 valence electrons. The molecule has 0 amide bonds. The molecule has 1 heteroatoms. The summed E-state index contributed by atoms with van der Waals surface area (Å²) in [6, 6.07) is 2.19. The minimum absolute atomic E-state index is 0.745. The van der Waals surface area contributed by atoms with E-state index in [2.05, 4.69) is 13.0 Å². The van der Waals surface area contributed by atoms with E-state index in [1.807, 2.05) is 0 Å². The van der Waals surface area contributed by atoms with Crippen LogP contribution in [0.25, 0.3) is 0 Å². The third-order valence-electron chi connectivity index (χ3n) is 1.85. The fourth-order valence-electron chi connectivity index (χ4n) is 1.36. The van der Waals surface area contributed by atoms with Gasteiger partial charge in [-0.2, -0.15) is 5.26 Å². The van der Waals surface area contributed by atoms with Gasteiger partial charge in [-0.3, -0.25) is 0 Å². The lowest BCUT2D eigenvalue weighted by Gasteiger charge is -2.30. The van der Waals surface area contributed by atoms with Crippen molar-refractivity contribution < 1.29 is 0 Å². The van der Waals surface area contributed by atoms with Crippen molar-refractivity contribution in [1.82, 2.24) is 0 Å². The molecule has 0 unspecified atom stereocenters. The van der Waals surface area contributed by atoms with Crippen LogP contribution >= 0.6 is 0 Å². The normalized spacial score (nSPS) is 35.5. The minimum atomic E-state index is 0.745. The molecule has 0 spiro atoms. The van der Waals surface area contributed by atoms with E-state index in [4.69, 9.17) is 5.26 Å². The van der Waals surface area contributed by atoms with Gasteiger partial charge in [-0.25, -0.2) is 0 Å². The van der Waals surface area contributed by atoms with Crippen LogP contribution in [-0.4, -0.2) is 0 Å². The van der Waals surface area contributed by atoms with Crippen molar-refractivity contribution in [2.75, 3.05) is 0 Å². The average molecular weight is 109 g/mol. The molecular weight excluding hydrogens is 98.1 g/mol. The van der Waals surface area contributed by atoms with Gasteiger partial charge in [-0.15, -0.1) is 0 Å². The van der Waals surface area contributed by atoms with Gasteiger partial charge in [0.2, 0.25) is 0 Å². The standard InChI is InChI=1S/C7H11N/c1-6-4-7(5-6)2-3-8/h6-7H,2,4-5H2,1H3/t6-,7-. The maximum atomic E-state index is 8.24. The number of nitrogens with zero attached hydrogens (tertiary/aromatic N) is 1. The second-order valence-corrected chi connectivity index (χ2v) is 2.80. The third kappa shape index (κ3) is 1.01. The highest BCUT2D eigenvalue weighted by Crippen LogP contribution is 2.34. The molecule has 0 radical (unpaired) electrons. The van der Waals surface area contributed by atoms with E-state index in [0.29, 0.717) is 0 Å². The lowest BCUT2D eigenvalue weighted by atomic mass is 9.75. The SMILES string of the molecule is C[C@H]1C[C@H](CC#N)C1. The van der Waals surface area contributed by atoms with Crippen LogP contribution in [0.5, 0.6) is 0 Å². The monoisotopic (exact) mass is 109 g/mol. The van der Waals surface area contributed by atoms with Crippen LogP contribution in [0.2, 0.25) is 0 Å². The molecule has 0 N–H and O–H groups in total. The quantitative estimate of drug-likeness (QED) is 0.505. The molecule has 1 fully saturated rings. The predicted molar refractivity (Wildman–Crippen MR) is 32.1 cm³/mol. The molecule has 0 aromatic heterocycles. The zero-order chi connectivity index (χ0) is 5.98. The highest BCUT2D eigenvalue weighted by Gasteiger charge is 2.24. The molecule has 1 aliphatic carbocycles. The van der Waals surface area contributed by atoms with Crippen molar-refractivity contribution in [1.29, 1.82) is 5.26 Å². The summed E-state index contributed by atoms with van der Waals surface area (Å²) in [5.74, 6) is 1.64. The topological polar surface area (TPSA) is 23.8 Å². The fraction of sp³-hybridized carbons (Fsp3) is 0.857. The number of rotatable bonds is 1. The van der Waals surface area contributed by atoms with E-state index < -0.39 is 0 Å². The maximum Gasteiger partial charge on any atom is 0.0624 e. The smallest absolute Gasteiger partial charge is 0.0624 e. The van der Waals surface area contributed by atoms with E-state index >= 15 is 0 Å². The Morgan fingerprint density at radius 3 is 2.62 bits per heavy atom. The molecule has 8 heavy (non-hydrogen) atoms. The molecule has 0 aliphatic heterocycles. The summed E-state index contributed by atoms with van der Waals surface area (Å²) in [5.41, 5.74) is 0. The predicted octanol–water partition coefficient (Wildman–Crippen LogP) is 1.95. The van der Waals surface area contributed by atoms with Crippen LogP contribution < -0.4 is 0 Å². The molecule has 0 heterocycles. The summed E-state index contributed by atoms with van der Waals surface area (Å²) in [6.07, 6.45) is 3.35. The molecule has 1 aliphatic rings. The summed E-state index contributed by atoms with van der Waals surface area (Å²) < 4.78 is 0. The molecule has 0 aromatic rings. The van der Waals surface area contributed by atoms with Crippen molar-refractivity contribution in [3.63, 3.8) is 0 Å². The third-order valence-corrected chi connectivity index (χ3v) is 1.85. The zero-order valence-corrected chi connectivity index (χ0v) is 5.22. The largest absolute Gasteiger partial charge is 0.198 e. The summed E-state index contributed by atoms with van der Waals surface area (Å²) in [7, 11) is 0. The van der Waals surface area contributed by atoms with Crippen molar-refractivity contribution in [3.8, 4) is 6.07 Å². The minimum Gasteiger partial charge on any atom is -0.198 e. The van der Waals surface area contributed by atoms with Crippen LogP contribution in [-0.2, 0) is 0 Å². The Hall–Kier alpha value is -0.510. The Kier molecular flexibility index (Phi) is 1.53. The molecule has 1 saturated carbocycles. The Morgan fingerprint density at radius 1 is 1.62 bits per heavy atom. The van der Waals surface area contributed by atoms with Gasteiger partial charge in [0.25, 0.3) is 0 Å². The van der Waals surface area contributed by atoms with Gasteiger partial charge in [-0.05, 0) is 24.7 Å². The molecular formula is C7H11N. The first-order valence-corrected chi connectivity index (χ1v) is 3.20. The highest BCUT2D eigenvalue weighted by atomic mass is 14.3. The van der Waals surface area contributed by atoms with Crippen LogP contribution in [0.3, 0.4) is 0 Å². The first kappa shape index (κ1) is 5.62. The average Bonchev–Trinajstić information content (AvgIpc) is 1.64. The Morgan fingerprint density at radius 2 is 2.25 bits per heavy atom. The van der Waals surface area contributed by atoms with Crippen molar-refractivity contribution >= 4 is 0 Å². The lowest BCUT2D eigenvalue weighted by molar-refractivity contribution is 0.217. The van der Waals surface area contributed by atoms with Crippen molar-refractivity contribution in [3.05, 3.63) is 0 Å². The van der Waals surface area contributed by atoms with Gasteiger partial charge in [-0.1, -0.05) is 6.92 Å². The van der Waals surface area contributed by atoms with Gasteiger partial charge in [0.05, 0.1) is 6.07 Å². The van der Waals surface area contributed by atoms with Gasteiger partial charge < -0.3 is 0 Å². The number of hydrogen-bond acceptors (Lipinski definition) is 1. The van der Waals surface area contributed by atoms with E-state index in [-0.39, 0.29) is 0 Å². The number of hydrogen-bond donors (Lipinski definition) is 0. The van der Waals surface area contributed by atoms with Gasteiger partial charge in [0.15, 0.2) is 0 Å². The van der Waals surface area contributed by atoms with Crippen molar-refractivity contribution in [2.24, 2.45) is 11.8 Å². The zero-order valence-electron chi connectivity index (χ0n) is 5.22. The van der Waals surface area contributed by atoms with Gasteiger partial charge in [0.1, 0.15) is 0 Å². The summed E-state index contributed by atoms with van der Waals surface area (Å²) in [4.78, 5) is 0. The Labute approximate surface area is 50.3 Å². The Bertz CT molecular complexity index is 106. The van der Waals surface area contributed by atoms with E-state index in [9.17, 15) is 0 Å². The number of nitriles is 1. The molecule has 0 bridgehead atoms. The van der Waals surface area contributed by atoms with Gasteiger partial charge in [0, 0.05) is 6.42 Å². The van der Waals surface area contributed by atoms with Crippen LogP contribution in [0.15, 0.2) is 0 Å². The van der Waals surface area contributed by atoms with Crippen LogP contribution in [0.1, 0.15) is 26.2 Å². The molecule has 0 atom stereocenters. The summed E-state index contributed by atoms with van der Waals surface area (Å²) in [6.45, 7) is 2.24. The first-order valence-electron chi connectivity index (χ1n) is 3.20. The second kappa shape index (κ2) is 2.17. The molecule has 1 nitrogen and oxygen atoms in total. The van der Waals surface area contributed by atoms with Crippen LogP contribution in [0, 0.1) is 23.2 Å². The molecule has 0 saturated heterocycles. The van der Waals surface area contributed by atoms with E-state index in [1.165, 1.54) is 12.8 Å². The van der Waals surface area contributed by atoms with E-state index in [1.54, 1.807) is 0 Å². The second-order valence-electron chi connectivity index (χ2n) is 2.80. The van der Waals surface area contributed by atoms with Crippen LogP contribution in [0.4, 0.5) is 0 Å². The fourth-order valence-corrected chi connectivity index (χ4v) is 1.36. The first-order chi connectivity index (χ1) is 3.83.